The lowest BCUT2D eigenvalue weighted by atomic mass is 9.99. The summed E-state index contributed by atoms with van der Waals surface area (Å²) in [5, 5.41) is 0. The van der Waals surface area contributed by atoms with Crippen molar-refractivity contribution in [2.45, 2.75) is 45.6 Å². The molecule has 0 saturated heterocycles. The monoisotopic (exact) mass is 260 g/mol. The molecule has 0 aliphatic carbocycles. The highest BCUT2D eigenvalue weighted by Gasteiger charge is 2.26. The lowest BCUT2D eigenvalue weighted by molar-refractivity contribution is -0.151. The predicted octanol–water partition coefficient (Wildman–Crippen LogP) is 1.21. The van der Waals surface area contributed by atoms with Crippen LogP contribution in [0, 0.1) is 0 Å². The predicted molar refractivity (Wildman–Crippen MR) is 62.7 cm³/mol. The van der Waals surface area contributed by atoms with Crippen molar-refractivity contribution in [3.63, 3.8) is 0 Å². The van der Waals surface area contributed by atoms with Gasteiger partial charge < -0.3 is 14.2 Å². The molecule has 0 bridgehead atoms. The van der Waals surface area contributed by atoms with Gasteiger partial charge in [-0.05, 0) is 6.92 Å². The zero-order valence-corrected chi connectivity index (χ0v) is 11.1. The molecule has 0 rings (SSSR count). The van der Waals surface area contributed by atoms with E-state index in [1.807, 2.05) is 0 Å². The molecule has 0 spiro atoms. The first kappa shape index (κ1) is 16.4. The zero-order chi connectivity index (χ0) is 14.0. The fourth-order valence-electron chi connectivity index (χ4n) is 1.25. The summed E-state index contributed by atoms with van der Waals surface area (Å²) in [6.07, 6.45) is 1.02. The van der Waals surface area contributed by atoms with E-state index in [0.717, 1.165) is 0 Å². The molecule has 0 heterocycles. The molecule has 6 heteroatoms. The van der Waals surface area contributed by atoms with Gasteiger partial charge in [-0.25, -0.2) is 0 Å². The van der Waals surface area contributed by atoms with E-state index in [0.29, 0.717) is 25.7 Å². The molecule has 104 valence electrons. The van der Waals surface area contributed by atoms with Gasteiger partial charge in [0.25, 0.3) is 6.47 Å². The minimum atomic E-state index is -0.800. The highest BCUT2D eigenvalue weighted by molar-refractivity contribution is 5.68. The largest absolute Gasteiger partial charge is 0.466 e. The smallest absolute Gasteiger partial charge is 0.305 e. The third-order valence-corrected chi connectivity index (χ3v) is 2.45. The van der Waals surface area contributed by atoms with E-state index in [2.05, 4.69) is 0 Å². The summed E-state index contributed by atoms with van der Waals surface area (Å²) >= 11 is 0. The van der Waals surface area contributed by atoms with Gasteiger partial charge in [-0.15, -0.1) is 0 Å². The minimum Gasteiger partial charge on any atom is -0.466 e. The Hall–Kier alpha value is -1.59. The summed E-state index contributed by atoms with van der Waals surface area (Å²) in [7, 11) is 0. The van der Waals surface area contributed by atoms with Crippen molar-refractivity contribution in [1.29, 1.82) is 0 Å². The minimum absolute atomic E-state index is 0.154. The van der Waals surface area contributed by atoms with Gasteiger partial charge >= 0.3 is 11.9 Å². The van der Waals surface area contributed by atoms with Crippen LogP contribution in [0.15, 0.2) is 0 Å². The van der Waals surface area contributed by atoms with Crippen LogP contribution in [0.25, 0.3) is 0 Å². The van der Waals surface area contributed by atoms with Crippen molar-refractivity contribution >= 4 is 18.4 Å². The van der Waals surface area contributed by atoms with Crippen LogP contribution in [0.5, 0.6) is 0 Å². The molecule has 0 radical (unpaired) electrons. The molecule has 0 aromatic rings. The highest BCUT2D eigenvalue weighted by atomic mass is 16.6. The van der Waals surface area contributed by atoms with Crippen molar-refractivity contribution < 1.29 is 28.6 Å². The van der Waals surface area contributed by atoms with E-state index in [4.69, 9.17) is 14.2 Å². The Balaban J connectivity index is 4.11. The normalized spacial score (nSPS) is 13.3. The molecule has 0 aromatic heterocycles. The second-order valence-corrected chi connectivity index (χ2v) is 4.08. The summed E-state index contributed by atoms with van der Waals surface area (Å²) in [5.41, 5.74) is -0.800. The molecule has 0 aromatic carbocycles. The van der Waals surface area contributed by atoms with E-state index in [1.54, 1.807) is 13.8 Å². The van der Waals surface area contributed by atoms with E-state index < -0.39 is 5.60 Å². The average molecular weight is 260 g/mol. The summed E-state index contributed by atoms with van der Waals surface area (Å²) in [5.74, 6) is -0.690. The highest BCUT2D eigenvalue weighted by Crippen LogP contribution is 2.19. The Morgan fingerprint density at radius 1 is 1.17 bits per heavy atom. The lowest BCUT2D eigenvalue weighted by Crippen LogP contribution is -2.32. The quantitative estimate of drug-likeness (QED) is 0.352. The number of hydrogen-bond acceptors (Lipinski definition) is 6. The SMILES string of the molecule is CCC(=O)OCCC(C)(CCOC(C)=O)OC=O. The van der Waals surface area contributed by atoms with Gasteiger partial charge in [-0.2, -0.15) is 0 Å². The summed E-state index contributed by atoms with van der Waals surface area (Å²) in [6, 6.07) is 0. The topological polar surface area (TPSA) is 78.9 Å². The second kappa shape index (κ2) is 8.49. The van der Waals surface area contributed by atoms with Crippen LogP contribution in [0.1, 0.15) is 40.0 Å². The molecule has 6 nitrogen and oxygen atoms in total. The van der Waals surface area contributed by atoms with E-state index >= 15 is 0 Å². The second-order valence-electron chi connectivity index (χ2n) is 4.08. The van der Waals surface area contributed by atoms with Gasteiger partial charge in [-0.1, -0.05) is 6.92 Å². The van der Waals surface area contributed by atoms with Crippen LogP contribution >= 0.6 is 0 Å². The Morgan fingerprint density at radius 2 is 1.72 bits per heavy atom. The van der Waals surface area contributed by atoms with Gasteiger partial charge in [0.15, 0.2) is 0 Å². The van der Waals surface area contributed by atoms with Gasteiger partial charge in [-0.3, -0.25) is 14.4 Å². The Morgan fingerprint density at radius 3 is 2.17 bits per heavy atom. The maximum absolute atomic E-state index is 11.0. The third-order valence-electron chi connectivity index (χ3n) is 2.45. The van der Waals surface area contributed by atoms with E-state index in [-0.39, 0.29) is 25.2 Å². The summed E-state index contributed by atoms with van der Waals surface area (Å²) in [4.78, 5) is 32.0. The number of carbonyl (C=O) groups is 3. The van der Waals surface area contributed by atoms with E-state index in [1.165, 1.54) is 6.92 Å². The van der Waals surface area contributed by atoms with Crippen molar-refractivity contribution in [3.05, 3.63) is 0 Å². The molecule has 18 heavy (non-hydrogen) atoms. The molecule has 0 saturated carbocycles. The summed E-state index contributed by atoms with van der Waals surface area (Å²) < 4.78 is 14.7. The number of hydrogen-bond donors (Lipinski definition) is 0. The number of rotatable bonds is 9. The fourth-order valence-corrected chi connectivity index (χ4v) is 1.25. The number of carbonyl (C=O) groups excluding carboxylic acids is 3. The van der Waals surface area contributed by atoms with Gasteiger partial charge in [0.1, 0.15) is 5.60 Å². The fraction of sp³-hybridized carbons (Fsp3) is 0.750. The van der Waals surface area contributed by atoms with Crippen LogP contribution in [0.3, 0.4) is 0 Å². The molecule has 1 atom stereocenters. The molecule has 0 amide bonds. The zero-order valence-electron chi connectivity index (χ0n) is 11.1. The van der Waals surface area contributed by atoms with Crippen LogP contribution in [0.4, 0.5) is 0 Å². The lowest BCUT2D eigenvalue weighted by Gasteiger charge is -2.27. The standard InChI is InChI=1S/C12H20O6/c1-4-11(15)17-8-6-12(3,18-9-13)5-7-16-10(2)14/h9H,4-8H2,1-3H3. The third kappa shape index (κ3) is 7.65. The maximum atomic E-state index is 11.0. The van der Waals surface area contributed by atoms with Crippen LogP contribution in [-0.4, -0.2) is 37.2 Å². The molecular formula is C12H20O6. The van der Waals surface area contributed by atoms with Crippen LogP contribution in [0.2, 0.25) is 0 Å². The molecule has 1 unspecified atom stereocenters. The molecule has 0 fully saturated rings. The molecule has 0 aliphatic rings. The van der Waals surface area contributed by atoms with Gasteiger partial charge in [0, 0.05) is 26.2 Å². The summed E-state index contributed by atoms with van der Waals surface area (Å²) in [6.45, 7) is 5.36. The maximum Gasteiger partial charge on any atom is 0.305 e. The van der Waals surface area contributed by atoms with Crippen molar-refractivity contribution in [3.8, 4) is 0 Å². The Labute approximate surface area is 107 Å². The number of esters is 2. The van der Waals surface area contributed by atoms with Crippen molar-refractivity contribution in [2.75, 3.05) is 13.2 Å². The Kier molecular flexibility index (Phi) is 7.74. The van der Waals surface area contributed by atoms with Crippen LogP contribution in [-0.2, 0) is 28.6 Å². The molecule has 0 aliphatic heterocycles. The van der Waals surface area contributed by atoms with Gasteiger partial charge in [0.2, 0.25) is 0 Å². The van der Waals surface area contributed by atoms with Crippen molar-refractivity contribution in [1.82, 2.24) is 0 Å². The first-order valence-electron chi connectivity index (χ1n) is 5.84. The van der Waals surface area contributed by atoms with Gasteiger partial charge in [0.05, 0.1) is 13.2 Å². The average Bonchev–Trinajstić information content (AvgIpc) is 2.28. The van der Waals surface area contributed by atoms with Crippen molar-refractivity contribution in [2.24, 2.45) is 0 Å². The number of ether oxygens (including phenoxy) is 3. The molecule has 0 N–H and O–H groups in total. The molecular weight excluding hydrogens is 240 g/mol. The first-order chi connectivity index (χ1) is 8.43. The van der Waals surface area contributed by atoms with Crippen LogP contribution < -0.4 is 0 Å². The Bertz CT molecular complexity index is 288. The van der Waals surface area contributed by atoms with E-state index in [9.17, 15) is 14.4 Å². The first-order valence-corrected chi connectivity index (χ1v) is 5.84.